The van der Waals surface area contributed by atoms with Gasteiger partial charge in [-0.3, -0.25) is 0 Å². The molecule has 0 aromatic carbocycles. The topological polar surface area (TPSA) is 58.2 Å². The summed E-state index contributed by atoms with van der Waals surface area (Å²) in [7, 11) is -1.51. The van der Waals surface area contributed by atoms with E-state index in [9.17, 15) is 8.42 Å². The molecule has 1 aliphatic rings. The number of aryl methyl sites for hydroxylation is 1. The van der Waals surface area contributed by atoms with Crippen LogP contribution in [0.4, 0.5) is 0 Å². The van der Waals surface area contributed by atoms with Gasteiger partial charge in [-0.15, -0.1) is 11.3 Å². The first-order valence-electron chi connectivity index (χ1n) is 7.59. The predicted octanol–water partition coefficient (Wildman–Crippen LogP) is 2.88. The minimum absolute atomic E-state index is 0.0800. The van der Waals surface area contributed by atoms with Crippen molar-refractivity contribution in [1.82, 2.24) is 10.0 Å². The van der Waals surface area contributed by atoms with Gasteiger partial charge < -0.3 is 5.32 Å². The van der Waals surface area contributed by atoms with E-state index in [1.165, 1.54) is 11.3 Å². The van der Waals surface area contributed by atoms with Gasteiger partial charge in [0.25, 0.3) is 0 Å². The fourth-order valence-electron chi connectivity index (χ4n) is 2.89. The molecule has 4 nitrogen and oxygen atoms in total. The largest absolute Gasteiger partial charge is 0.315 e. The third-order valence-electron chi connectivity index (χ3n) is 4.52. The van der Waals surface area contributed by atoms with Crippen LogP contribution in [0.25, 0.3) is 0 Å². The van der Waals surface area contributed by atoms with Crippen molar-refractivity contribution in [2.24, 2.45) is 11.8 Å². The number of sulfonamides is 1. The Morgan fingerprint density at radius 2 is 2.00 bits per heavy atom. The lowest BCUT2D eigenvalue weighted by molar-refractivity contribution is 0.242. The van der Waals surface area contributed by atoms with Crippen molar-refractivity contribution in [1.29, 1.82) is 0 Å². The highest BCUT2D eigenvalue weighted by Gasteiger charge is 2.29. The van der Waals surface area contributed by atoms with Crippen LogP contribution in [0.2, 0.25) is 0 Å². The van der Waals surface area contributed by atoms with E-state index < -0.39 is 10.0 Å². The summed E-state index contributed by atoms with van der Waals surface area (Å²) in [4.78, 5) is 1.09. The van der Waals surface area contributed by atoms with Crippen LogP contribution in [0.5, 0.6) is 0 Å². The smallest absolute Gasteiger partial charge is 0.250 e. The maximum atomic E-state index is 12.5. The van der Waals surface area contributed by atoms with E-state index >= 15 is 0 Å². The maximum absolute atomic E-state index is 12.5. The number of hydrogen-bond donors (Lipinski definition) is 2. The minimum atomic E-state index is -3.38. The zero-order valence-corrected chi connectivity index (χ0v) is 14.9. The third-order valence-corrected chi connectivity index (χ3v) is 7.75. The summed E-state index contributed by atoms with van der Waals surface area (Å²) in [5.41, 5.74) is 1.04. The second-order valence-corrected chi connectivity index (χ2v) is 9.37. The van der Waals surface area contributed by atoms with Gasteiger partial charge in [0, 0.05) is 17.5 Å². The second-order valence-electron chi connectivity index (χ2n) is 6.29. The molecule has 1 aromatic rings. The van der Waals surface area contributed by atoms with E-state index in [4.69, 9.17) is 0 Å². The van der Waals surface area contributed by atoms with Gasteiger partial charge in [0.1, 0.15) is 4.21 Å². The molecule has 1 fully saturated rings. The molecule has 2 rings (SSSR count). The summed E-state index contributed by atoms with van der Waals surface area (Å²) in [6.07, 6.45) is 2.98. The van der Waals surface area contributed by atoms with Crippen LogP contribution in [0.1, 0.15) is 43.6 Å². The Hall–Kier alpha value is -0.430. The molecular weight excluding hydrogens is 304 g/mol. The Balaban J connectivity index is 2.10. The van der Waals surface area contributed by atoms with Crippen LogP contribution < -0.4 is 10.0 Å². The molecule has 0 bridgehead atoms. The summed E-state index contributed by atoms with van der Waals surface area (Å²) < 4.78 is 28.4. The van der Waals surface area contributed by atoms with Crippen molar-refractivity contribution in [3.05, 3.63) is 16.5 Å². The molecule has 1 aromatic heterocycles. The number of rotatable bonds is 5. The Morgan fingerprint density at radius 1 is 1.29 bits per heavy atom. The molecule has 120 valence electrons. The summed E-state index contributed by atoms with van der Waals surface area (Å²) >= 11 is 1.37. The van der Waals surface area contributed by atoms with Gasteiger partial charge in [-0.1, -0.05) is 13.8 Å². The van der Waals surface area contributed by atoms with Crippen molar-refractivity contribution < 1.29 is 8.42 Å². The van der Waals surface area contributed by atoms with Crippen molar-refractivity contribution in [3.8, 4) is 0 Å². The van der Waals surface area contributed by atoms with Gasteiger partial charge in [0.15, 0.2) is 0 Å². The molecule has 1 aliphatic carbocycles. The summed E-state index contributed by atoms with van der Waals surface area (Å²) in [6.45, 7) is 7.14. The van der Waals surface area contributed by atoms with Crippen molar-refractivity contribution in [2.75, 3.05) is 7.05 Å². The molecule has 21 heavy (non-hydrogen) atoms. The lowest BCUT2D eigenvalue weighted by Gasteiger charge is -2.32. The van der Waals surface area contributed by atoms with E-state index in [0.29, 0.717) is 22.6 Å². The molecule has 2 N–H and O–H groups in total. The van der Waals surface area contributed by atoms with Gasteiger partial charge in [-0.25, -0.2) is 13.1 Å². The first kappa shape index (κ1) is 16.9. The van der Waals surface area contributed by atoms with E-state index in [1.807, 2.05) is 14.0 Å². The first-order chi connectivity index (χ1) is 9.83. The Morgan fingerprint density at radius 3 is 2.62 bits per heavy atom. The molecule has 6 heteroatoms. The van der Waals surface area contributed by atoms with E-state index in [1.54, 1.807) is 6.07 Å². The fourth-order valence-corrected chi connectivity index (χ4v) is 5.79. The van der Waals surface area contributed by atoms with Gasteiger partial charge in [-0.05, 0) is 56.7 Å². The molecule has 0 radical (unpaired) electrons. The molecule has 0 amide bonds. The molecule has 1 saturated carbocycles. The van der Waals surface area contributed by atoms with Crippen LogP contribution in [0, 0.1) is 18.8 Å². The number of hydrogen-bond acceptors (Lipinski definition) is 4. The first-order valence-corrected chi connectivity index (χ1v) is 9.89. The van der Waals surface area contributed by atoms with Crippen LogP contribution in [0.15, 0.2) is 10.3 Å². The summed E-state index contributed by atoms with van der Waals surface area (Å²) in [5, 5.41) is 3.08. The lowest BCUT2D eigenvalue weighted by Crippen LogP contribution is -2.39. The average Bonchev–Trinajstić information content (AvgIpc) is 2.77. The van der Waals surface area contributed by atoms with Gasteiger partial charge in [-0.2, -0.15) is 0 Å². The Labute approximate surface area is 132 Å². The minimum Gasteiger partial charge on any atom is -0.315 e. The monoisotopic (exact) mass is 330 g/mol. The van der Waals surface area contributed by atoms with Crippen LogP contribution >= 0.6 is 11.3 Å². The molecule has 3 atom stereocenters. The standard InChI is InChI=1S/C15H26N2O2S2/c1-10-5-6-13(7-11(10)2)17-21(18,19)15-8-12(3)14(20-15)9-16-4/h8,10-11,13,16-17H,5-7,9H2,1-4H3. The molecular formula is C15H26N2O2S2. The normalized spacial score (nSPS) is 27.0. The van der Waals surface area contributed by atoms with Gasteiger partial charge in [0.2, 0.25) is 10.0 Å². The summed E-state index contributed by atoms with van der Waals surface area (Å²) in [5.74, 6) is 1.27. The SMILES string of the molecule is CNCc1sc(S(=O)(=O)NC2CCC(C)C(C)C2)cc1C. The van der Waals surface area contributed by atoms with Crippen LogP contribution in [0.3, 0.4) is 0 Å². The third kappa shape index (κ3) is 4.06. The molecule has 1 heterocycles. The molecule has 0 saturated heterocycles. The van der Waals surface area contributed by atoms with Crippen molar-refractivity contribution in [2.45, 2.75) is 56.8 Å². The lowest BCUT2D eigenvalue weighted by atomic mass is 9.79. The molecule has 0 spiro atoms. The van der Waals surface area contributed by atoms with Crippen molar-refractivity contribution >= 4 is 21.4 Å². The van der Waals surface area contributed by atoms with Gasteiger partial charge in [0.05, 0.1) is 0 Å². The predicted molar refractivity (Wildman–Crippen MR) is 88.1 cm³/mol. The highest BCUT2D eigenvalue weighted by molar-refractivity contribution is 7.91. The van der Waals surface area contributed by atoms with E-state index in [-0.39, 0.29) is 6.04 Å². The number of thiophene rings is 1. The second kappa shape index (κ2) is 6.77. The van der Waals surface area contributed by atoms with Crippen molar-refractivity contribution in [3.63, 3.8) is 0 Å². The zero-order valence-electron chi connectivity index (χ0n) is 13.3. The highest BCUT2D eigenvalue weighted by atomic mass is 32.2. The quantitative estimate of drug-likeness (QED) is 0.873. The molecule has 0 aliphatic heterocycles. The Kier molecular flexibility index (Phi) is 5.46. The maximum Gasteiger partial charge on any atom is 0.250 e. The van der Waals surface area contributed by atoms with E-state index in [0.717, 1.165) is 29.7 Å². The Bertz CT molecular complexity index is 580. The molecule has 3 unspecified atom stereocenters. The van der Waals surface area contributed by atoms with Gasteiger partial charge >= 0.3 is 0 Å². The highest BCUT2D eigenvalue weighted by Crippen LogP contribution is 2.31. The van der Waals surface area contributed by atoms with E-state index in [2.05, 4.69) is 23.9 Å². The van der Waals surface area contributed by atoms with Crippen LogP contribution in [-0.4, -0.2) is 21.5 Å². The zero-order chi connectivity index (χ0) is 15.6. The number of nitrogens with one attached hydrogen (secondary N) is 2. The average molecular weight is 331 g/mol. The fraction of sp³-hybridized carbons (Fsp3) is 0.733. The van der Waals surface area contributed by atoms with Crippen LogP contribution in [-0.2, 0) is 16.6 Å². The summed E-state index contributed by atoms with van der Waals surface area (Å²) in [6, 6.07) is 1.87.